The van der Waals surface area contributed by atoms with Crippen molar-refractivity contribution >= 4 is 36.8 Å². The second kappa shape index (κ2) is 27.5. The Morgan fingerprint density at radius 3 is 1.40 bits per heavy atom. The topological polar surface area (TPSA) is 216 Å². The summed E-state index contributed by atoms with van der Waals surface area (Å²) in [6.07, 6.45) is 13.7. The second-order valence-corrected chi connectivity index (χ2v) is 9.05. The maximum atomic E-state index is 10.4. The van der Waals surface area contributed by atoms with E-state index in [0.29, 0.717) is 30.9 Å². The number of aliphatic hydroxyl groups excluding tert-OH is 2. The second-order valence-electron chi connectivity index (χ2n) is 9.05. The molecular formula is C34H40N8O6. The molecule has 14 heteroatoms. The van der Waals surface area contributed by atoms with Crippen molar-refractivity contribution in [2.24, 2.45) is 20.0 Å². The van der Waals surface area contributed by atoms with Gasteiger partial charge in [0.15, 0.2) is 0 Å². The quantitative estimate of drug-likeness (QED) is 0.122. The van der Waals surface area contributed by atoms with E-state index in [2.05, 4.69) is 39.9 Å². The summed E-state index contributed by atoms with van der Waals surface area (Å²) >= 11 is 0. The smallest absolute Gasteiger partial charge is 0.328 e. The average molecular weight is 657 g/mol. The van der Waals surface area contributed by atoms with Crippen molar-refractivity contribution in [1.29, 1.82) is 0 Å². The van der Waals surface area contributed by atoms with Gasteiger partial charge in [0.2, 0.25) is 0 Å². The number of carbonyl (C=O) groups is 2. The summed E-state index contributed by atoms with van der Waals surface area (Å²) in [4.78, 5) is 51.9. The summed E-state index contributed by atoms with van der Waals surface area (Å²) in [6.45, 7) is 2.69. The van der Waals surface area contributed by atoms with Crippen LogP contribution in [-0.4, -0.2) is 116 Å². The Labute approximate surface area is 279 Å². The minimum atomic E-state index is -0.942. The van der Waals surface area contributed by atoms with Crippen LogP contribution in [0.2, 0.25) is 0 Å². The average Bonchev–Trinajstić information content (AvgIpc) is 3.12. The van der Waals surface area contributed by atoms with Crippen molar-refractivity contribution in [2.45, 2.75) is 19.4 Å². The lowest BCUT2D eigenvalue weighted by molar-refractivity contribution is -0.138. The fourth-order valence-electron chi connectivity index (χ4n) is 2.81. The Hall–Kier alpha value is -5.86. The van der Waals surface area contributed by atoms with Crippen molar-refractivity contribution in [3.8, 4) is 0 Å². The zero-order chi connectivity index (χ0) is 35.1. The van der Waals surface area contributed by atoms with Gasteiger partial charge in [0, 0.05) is 62.8 Å². The number of aliphatic imine (C=N–C) groups is 4. The SMILES string of the molecule is CC(N=Cc1ccccn1)C(=O)O.O=C(O)CN=Cc1ccccn1.OCCCN=Cc1ccccn1.OCCN=Cc1ccccn1. The van der Waals surface area contributed by atoms with E-state index in [0.717, 1.165) is 11.4 Å². The fourth-order valence-corrected chi connectivity index (χ4v) is 2.81. The number of carboxylic acids is 2. The van der Waals surface area contributed by atoms with Gasteiger partial charge in [-0.1, -0.05) is 24.3 Å². The summed E-state index contributed by atoms with van der Waals surface area (Å²) in [7, 11) is 0. The molecule has 0 saturated carbocycles. The number of aromatic nitrogens is 4. The van der Waals surface area contributed by atoms with Gasteiger partial charge in [-0.05, 0) is 61.9 Å². The molecular weight excluding hydrogens is 616 g/mol. The molecule has 0 saturated heterocycles. The number of aliphatic hydroxyl groups is 2. The maximum absolute atomic E-state index is 10.4. The van der Waals surface area contributed by atoms with Crippen LogP contribution in [0.5, 0.6) is 0 Å². The van der Waals surface area contributed by atoms with E-state index in [1.807, 2.05) is 48.5 Å². The van der Waals surface area contributed by atoms with Crippen LogP contribution in [0.25, 0.3) is 0 Å². The molecule has 0 aromatic carbocycles. The number of hydrogen-bond donors (Lipinski definition) is 4. The molecule has 252 valence electrons. The molecule has 4 N–H and O–H groups in total. The summed E-state index contributed by atoms with van der Waals surface area (Å²) in [5.41, 5.74) is 3.01. The molecule has 0 bridgehead atoms. The molecule has 0 spiro atoms. The predicted octanol–water partition coefficient (Wildman–Crippen LogP) is 2.93. The summed E-state index contributed by atoms with van der Waals surface area (Å²) < 4.78 is 0. The van der Waals surface area contributed by atoms with E-state index in [4.69, 9.17) is 20.4 Å². The van der Waals surface area contributed by atoms with Crippen molar-refractivity contribution in [2.75, 3.05) is 32.8 Å². The van der Waals surface area contributed by atoms with Crippen molar-refractivity contribution < 1.29 is 30.0 Å². The largest absolute Gasteiger partial charge is 0.480 e. The van der Waals surface area contributed by atoms with Crippen LogP contribution in [0.4, 0.5) is 0 Å². The number of rotatable bonds is 13. The van der Waals surface area contributed by atoms with Gasteiger partial charge in [-0.25, -0.2) is 4.79 Å². The van der Waals surface area contributed by atoms with Crippen molar-refractivity contribution in [3.63, 3.8) is 0 Å². The Bertz CT molecular complexity index is 1510. The van der Waals surface area contributed by atoms with Gasteiger partial charge in [-0.2, -0.15) is 0 Å². The molecule has 4 rings (SSSR count). The number of aliphatic carboxylic acids is 2. The Morgan fingerprint density at radius 2 is 1.04 bits per heavy atom. The molecule has 0 fully saturated rings. The molecule has 0 aliphatic carbocycles. The summed E-state index contributed by atoms with van der Waals surface area (Å²) in [6, 6.07) is 21.3. The highest BCUT2D eigenvalue weighted by molar-refractivity contribution is 5.81. The minimum Gasteiger partial charge on any atom is -0.480 e. The van der Waals surface area contributed by atoms with Gasteiger partial charge in [0.25, 0.3) is 0 Å². The van der Waals surface area contributed by atoms with E-state index < -0.39 is 18.0 Å². The van der Waals surface area contributed by atoms with Gasteiger partial charge in [0.1, 0.15) is 12.6 Å². The lowest BCUT2D eigenvalue weighted by atomic mass is 10.3. The Morgan fingerprint density at radius 1 is 0.625 bits per heavy atom. The molecule has 0 radical (unpaired) electrons. The van der Waals surface area contributed by atoms with Crippen LogP contribution in [-0.2, 0) is 9.59 Å². The summed E-state index contributed by atoms with van der Waals surface area (Å²) in [5.74, 6) is -1.88. The molecule has 4 heterocycles. The summed E-state index contributed by atoms with van der Waals surface area (Å²) in [5, 5.41) is 33.7. The van der Waals surface area contributed by atoms with E-state index in [9.17, 15) is 9.59 Å². The maximum Gasteiger partial charge on any atom is 0.328 e. The van der Waals surface area contributed by atoms with Crippen LogP contribution >= 0.6 is 0 Å². The van der Waals surface area contributed by atoms with E-state index >= 15 is 0 Å². The zero-order valence-electron chi connectivity index (χ0n) is 26.6. The predicted molar refractivity (Wildman–Crippen MR) is 185 cm³/mol. The van der Waals surface area contributed by atoms with Gasteiger partial charge in [-0.3, -0.25) is 44.7 Å². The van der Waals surface area contributed by atoms with Gasteiger partial charge < -0.3 is 20.4 Å². The highest BCUT2D eigenvalue weighted by Crippen LogP contribution is 1.93. The fraction of sp³-hybridized carbons (Fsp3) is 0.235. The van der Waals surface area contributed by atoms with Crippen LogP contribution in [0.15, 0.2) is 118 Å². The normalized spacial score (nSPS) is 11.2. The third kappa shape index (κ3) is 22.6. The number of nitrogens with zero attached hydrogens (tertiary/aromatic N) is 8. The molecule has 0 aliphatic heterocycles. The first-order chi connectivity index (χ1) is 23.3. The Kier molecular flexibility index (Phi) is 23.0. The highest BCUT2D eigenvalue weighted by atomic mass is 16.4. The van der Waals surface area contributed by atoms with E-state index in [1.165, 1.54) is 19.4 Å². The lowest BCUT2D eigenvalue weighted by Crippen LogP contribution is -2.13. The lowest BCUT2D eigenvalue weighted by Gasteiger charge is -1.96. The monoisotopic (exact) mass is 656 g/mol. The first-order valence-electron chi connectivity index (χ1n) is 14.7. The van der Waals surface area contributed by atoms with Gasteiger partial charge >= 0.3 is 11.9 Å². The van der Waals surface area contributed by atoms with Crippen LogP contribution in [0, 0.1) is 0 Å². The first kappa shape index (κ1) is 40.2. The molecule has 1 unspecified atom stereocenters. The Balaban J connectivity index is 0.000000320. The standard InChI is InChI=1S/C9H10N2O2.C9H12N2O.C8H8N2O2.C8H10N2O/c1-7(9(12)13)11-6-8-4-2-3-5-10-8;12-7-3-5-10-8-9-4-1-2-6-11-9;11-8(12)6-9-5-7-3-1-2-4-10-7;11-6-5-9-7-8-3-1-2-4-10-8/h2-7H,1H3,(H,12,13);1-2,4,6,8,12H,3,5,7H2;1-5H,6H2,(H,11,12);1-4,7,11H,5-6H2. The van der Waals surface area contributed by atoms with Crippen molar-refractivity contribution in [3.05, 3.63) is 120 Å². The highest BCUT2D eigenvalue weighted by Gasteiger charge is 2.06. The molecule has 4 aromatic heterocycles. The molecule has 14 nitrogen and oxygen atoms in total. The van der Waals surface area contributed by atoms with E-state index in [-0.39, 0.29) is 19.8 Å². The number of carboxylic acid groups (broad SMARTS) is 2. The van der Waals surface area contributed by atoms with Crippen LogP contribution < -0.4 is 0 Å². The van der Waals surface area contributed by atoms with Gasteiger partial charge in [0.05, 0.1) is 35.9 Å². The number of hydrogen-bond acceptors (Lipinski definition) is 12. The third-order valence-corrected chi connectivity index (χ3v) is 5.11. The number of pyridine rings is 4. The van der Waals surface area contributed by atoms with Crippen LogP contribution in [0.3, 0.4) is 0 Å². The zero-order valence-corrected chi connectivity index (χ0v) is 26.6. The van der Waals surface area contributed by atoms with Crippen LogP contribution in [0.1, 0.15) is 36.1 Å². The molecule has 48 heavy (non-hydrogen) atoms. The minimum absolute atomic E-state index is 0.0866. The van der Waals surface area contributed by atoms with Gasteiger partial charge in [-0.15, -0.1) is 0 Å². The molecule has 0 amide bonds. The third-order valence-electron chi connectivity index (χ3n) is 5.11. The van der Waals surface area contributed by atoms with Crippen molar-refractivity contribution in [1.82, 2.24) is 19.9 Å². The molecule has 1 atom stereocenters. The molecule has 0 aliphatic rings. The molecule has 4 aromatic rings. The van der Waals surface area contributed by atoms with E-state index in [1.54, 1.807) is 61.5 Å². The first-order valence-corrected chi connectivity index (χ1v) is 14.7.